The van der Waals surface area contributed by atoms with Crippen molar-refractivity contribution in [3.05, 3.63) is 60.3 Å². The lowest BCUT2D eigenvalue weighted by molar-refractivity contribution is -0.280. The van der Waals surface area contributed by atoms with E-state index in [1.54, 1.807) is 22.9 Å². The van der Waals surface area contributed by atoms with Crippen molar-refractivity contribution in [3.63, 3.8) is 0 Å². The van der Waals surface area contributed by atoms with Gasteiger partial charge in [-0.3, -0.25) is 4.79 Å². The fourth-order valence-electron chi connectivity index (χ4n) is 3.77. The molecule has 1 aliphatic rings. The third-order valence-electron chi connectivity index (χ3n) is 5.32. The van der Waals surface area contributed by atoms with Crippen LogP contribution in [0.4, 0.5) is 0 Å². The molecule has 0 bridgehead atoms. The maximum absolute atomic E-state index is 12.1. The molecule has 0 amide bonds. The Balaban J connectivity index is 1.76. The van der Waals surface area contributed by atoms with Gasteiger partial charge in [0, 0.05) is 10.9 Å². The molecule has 1 saturated heterocycles. The van der Waals surface area contributed by atoms with Gasteiger partial charge in [-0.05, 0) is 31.2 Å². The van der Waals surface area contributed by atoms with Crippen LogP contribution in [-0.2, 0) is 4.74 Å². The largest absolute Gasteiger partial charge is 0.480 e. The third kappa shape index (κ3) is 3.49. The molecule has 0 saturated carbocycles. The molecule has 1 aliphatic heterocycles. The number of rotatable bonds is 5. The van der Waals surface area contributed by atoms with Crippen molar-refractivity contribution in [1.82, 2.24) is 4.57 Å². The second-order valence-corrected chi connectivity index (χ2v) is 7.27. The Hall–Kier alpha value is -2.75. The van der Waals surface area contributed by atoms with Crippen LogP contribution in [0.5, 0.6) is 5.75 Å². The monoisotopic (exact) mass is 413 g/mol. The number of hydrogen-bond donors (Lipinski definition) is 4. The standard InChI is InChI=1S/C22H23NO7/c1-12(25)13-6-2-4-8-15(13)23-10-17(14-7-3-5-9-16(14)23)29-21-20(27)19(26)18(11-24)30-22(21)28/h2-10,18-22,24,26-28H,11H2,1H3/t18-,19+,20+,21-,22-/m1/s1. The second kappa shape index (κ2) is 8.17. The number of aliphatic hydroxyl groups is 4. The van der Waals surface area contributed by atoms with E-state index in [0.29, 0.717) is 22.4 Å². The first-order valence-corrected chi connectivity index (χ1v) is 9.60. The van der Waals surface area contributed by atoms with E-state index in [-0.39, 0.29) is 5.78 Å². The number of para-hydroxylation sites is 2. The highest BCUT2D eigenvalue weighted by atomic mass is 16.7. The number of ketones is 1. The number of carbonyl (C=O) groups is 1. The summed E-state index contributed by atoms with van der Waals surface area (Å²) in [5.41, 5.74) is 1.96. The summed E-state index contributed by atoms with van der Waals surface area (Å²) >= 11 is 0. The second-order valence-electron chi connectivity index (χ2n) is 7.27. The van der Waals surface area contributed by atoms with Crippen molar-refractivity contribution in [3.8, 4) is 11.4 Å². The average molecular weight is 413 g/mol. The molecule has 4 N–H and O–H groups in total. The maximum atomic E-state index is 12.1. The van der Waals surface area contributed by atoms with Gasteiger partial charge in [-0.2, -0.15) is 0 Å². The first-order valence-electron chi connectivity index (χ1n) is 9.60. The molecule has 1 aromatic heterocycles. The molecule has 2 heterocycles. The molecule has 4 rings (SSSR count). The quantitative estimate of drug-likeness (QED) is 0.461. The van der Waals surface area contributed by atoms with Crippen LogP contribution < -0.4 is 4.74 Å². The number of Topliss-reactive ketones (excluding diaryl/α,β-unsaturated/α-hetero) is 1. The summed E-state index contributed by atoms with van der Waals surface area (Å²) in [4.78, 5) is 12.1. The highest BCUT2D eigenvalue weighted by molar-refractivity contribution is 5.99. The van der Waals surface area contributed by atoms with E-state index in [2.05, 4.69) is 0 Å². The van der Waals surface area contributed by atoms with Crippen molar-refractivity contribution < 1.29 is 34.7 Å². The zero-order valence-corrected chi connectivity index (χ0v) is 16.3. The van der Waals surface area contributed by atoms with Crippen LogP contribution in [-0.4, -0.2) is 68.1 Å². The zero-order chi connectivity index (χ0) is 21.4. The van der Waals surface area contributed by atoms with Crippen LogP contribution in [0, 0.1) is 0 Å². The molecule has 0 aliphatic carbocycles. The van der Waals surface area contributed by atoms with Crippen LogP contribution in [0.15, 0.2) is 54.7 Å². The van der Waals surface area contributed by atoms with Gasteiger partial charge in [0.1, 0.15) is 24.1 Å². The van der Waals surface area contributed by atoms with Crippen molar-refractivity contribution in [2.45, 2.75) is 37.6 Å². The average Bonchev–Trinajstić information content (AvgIpc) is 3.12. The molecular weight excluding hydrogens is 390 g/mol. The normalized spacial score (nSPS) is 26.6. The first-order chi connectivity index (χ1) is 14.4. The predicted molar refractivity (Wildman–Crippen MR) is 108 cm³/mol. The van der Waals surface area contributed by atoms with E-state index in [9.17, 15) is 25.2 Å². The van der Waals surface area contributed by atoms with Crippen molar-refractivity contribution >= 4 is 16.7 Å². The van der Waals surface area contributed by atoms with Crippen LogP contribution in [0.3, 0.4) is 0 Å². The molecule has 5 atom stereocenters. The Morgan fingerprint density at radius 1 is 1.07 bits per heavy atom. The summed E-state index contributed by atoms with van der Waals surface area (Å²) in [5, 5.41) is 40.7. The molecule has 158 valence electrons. The molecule has 2 aromatic carbocycles. The van der Waals surface area contributed by atoms with Gasteiger partial charge in [-0.15, -0.1) is 0 Å². The van der Waals surface area contributed by atoms with E-state index in [4.69, 9.17) is 9.47 Å². The minimum atomic E-state index is -1.55. The lowest BCUT2D eigenvalue weighted by atomic mass is 9.99. The van der Waals surface area contributed by atoms with Gasteiger partial charge < -0.3 is 34.5 Å². The van der Waals surface area contributed by atoms with E-state index >= 15 is 0 Å². The molecule has 8 heteroatoms. The predicted octanol–water partition coefficient (Wildman–Crippen LogP) is 1.01. The Morgan fingerprint density at radius 2 is 1.77 bits per heavy atom. The third-order valence-corrected chi connectivity index (χ3v) is 5.32. The number of fused-ring (bicyclic) bond motifs is 1. The van der Waals surface area contributed by atoms with Crippen LogP contribution in [0.2, 0.25) is 0 Å². The summed E-state index contributed by atoms with van der Waals surface area (Å²) in [7, 11) is 0. The lowest BCUT2D eigenvalue weighted by Gasteiger charge is -2.39. The smallest absolute Gasteiger partial charge is 0.195 e. The first kappa shape index (κ1) is 20.5. The molecule has 0 radical (unpaired) electrons. The summed E-state index contributed by atoms with van der Waals surface area (Å²) in [6, 6.07) is 14.5. The van der Waals surface area contributed by atoms with Crippen LogP contribution >= 0.6 is 0 Å². The van der Waals surface area contributed by atoms with Crippen molar-refractivity contribution in [1.29, 1.82) is 0 Å². The minimum Gasteiger partial charge on any atom is -0.480 e. The van der Waals surface area contributed by atoms with Gasteiger partial charge >= 0.3 is 0 Å². The van der Waals surface area contributed by atoms with Gasteiger partial charge in [-0.1, -0.05) is 24.3 Å². The Bertz CT molecular complexity index is 1060. The molecule has 1 fully saturated rings. The Kier molecular flexibility index (Phi) is 5.59. The van der Waals surface area contributed by atoms with E-state index in [1.165, 1.54) is 6.92 Å². The molecule has 8 nitrogen and oxygen atoms in total. The van der Waals surface area contributed by atoms with Gasteiger partial charge in [0.25, 0.3) is 0 Å². The van der Waals surface area contributed by atoms with Gasteiger partial charge in [0.2, 0.25) is 0 Å². The van der Waals surface area contributed by atoms with E-state index in [0.717, 1.165) is 5.52 Å². The Morgan fingerprint density at radius 3 is 2.50 bits per heavy atom. The highest BCUT2D eigenvalue weighted by Crippen LogP contribution is 2.34. The van der Waals surface area contributed by atoms with E-state index < -0.39 is 37.3 Å². The number of carbonyl (C=O) groups excluding carboxylic acids is 1. The van der Waals surface area contributed by atoms with Gasteiger partial charge in [0.05, 0.1) is 24.0 Å². The minimum absolute atomic E-state index is 0.0875. The van der Waals surface area contributed by atoms with Gasteiger partial charge in [-0.25, -0.2) is 0 Å². The number of aliphatic hydroxyl groups excluding tert-OH is 4. The topological polar surface area (TPSA) is 121 Å². The summed E-state index contributed by atoms with van der Waals surface area (Å²) in [6.07, 6.45) is -5.17. The number of benzene rings is 2. The molecule has 3 aromatic rings. The molecule has 0 unspecified atom stereocenters. The van der Waals surface area contributed by atoms with Crippen molar-refractivity contribution in [2.24, 2.45) is 0 Å². The number of hydrogen-bond acceptors (Lipinski definition) is 7. The van der Waals surface area contributed by atoms with E-state index in [1.807, 2.05) is 36.4 Å². The number of nitrogens with zero attached hydrogens (tertiary/aromatic N) is 1. The molecule has 0 spiro atoms. The molecular formula is C22H23NO7. The highest BCUT2D eigenvalue weighted by Gasteiger charge is 2.45. The zero-order valence-electron chi connectivity index (χ0n) is 16.3. The van der Waals surface area contributed by atoms with Crippen LogP contribution in [0.25, 0.3) is 16.6 Å². The summed E-state index contributed by atoms with van der Waals surface area (Å²) in [5.74, 6) is 0.251. The maximum Gasteiger partial charge on any atom is 0.195 e. The lowest BCUT2D eigenvalue weighted by Crippen LogP contribution is -2.60. The van der Waals surface area contributed by atoms with Gasteiger partial charge in [0.15, 0.2) is 18.2 Å². The summed E-state index contributed by atoms with van der Waals surface area (Å²) in [6.45, 7) is 0.941. The number of aromatic nitrogens is 1. The SMILES string of the molecule is CC(=O)c1ccccc1-n1cc(O[C@@H]2[C@@H](O)[C@@H](O)[C@@H](CO)O[C@H]2O)c2ccccc21. The summed E-state index contributed by atoms with van der Waals surface area (Å²) < 4.78 is 12.9. The molecule has 30 heavy (non-hydrogen) atoms. The fraction of sp³-hybridized carbons (Fsp3) is 0.318. The van der Waals surface area contributed by atoms with Crippen LogP contribution in [0.1, 0.15) is 17.3 Å². The van der Waals surface area contributed by atoms with Crippen molar-refractivity contribution in [2.75, 3.05) is 6.61 Å². The number of ether oxygens (including phenoxy) is 2. The fourth-order valence-corrected chi connectivity index (χ4v) is 3.77. The Labute approximate surface area is 172 Å².